The number of hydrogen-bond donors (Lipinski definition) is 2. The predicted molar refractivity (Wildman–Crippen MR) is 252 cm³/mol. The van der Waals surface area contributed by atoms with Crippen LogP contribution in [-0.2, 0) is 14.4 Å². The highest BCUT2D eigenvalue weighted by Crippen LogP contribution is 2.31. The molecule has 4 aromatic rings. The summed E-state index contributed by atoms with van der Waals surface area (Å²) in [6, 6.07) is 25.6. The van der Waals surface area contributed by atoms with Gasteiger partial charge in [-0.25, -0.2) is 0 Å². The lowest BCUT2D eigenvalue weighted by atomic mass is 9.82. The third kappa shape index (κ3) is 10.8. The van der Waals surface area contributed by atoms with Crippen LogP contribution in [0.2, 0.25) is 0 Å². The molecule has 3 aliphatic rings. The number of pyridine rings is 1. The van der Waals surface area contributed by atoms with Crippen LogP contribution in [0.4, 0.5) is 5.69 Å². The number of nitrogens with one attached hydrogen (secondary N) is 2. The molecule has 0 bridgehead atoms. The normalized spacial score (nSPS) is 19.5. The first kappa shape index (κ1) is 43.9. The van der Waals surface area contributed by atoms with Gasteiger partial charge in [0, 0.05) is 48.1 Å². The van der Waals surface area contributed by atoms with Crippen molar-refractivity contribution in [3.8, 4) is 23.0 Å². The number of benzene rings is 3. The predicted octanol–water partition coefficient (Wildman–Crippen LogP) is 9.33. The highest BCUT2D eigenvalue weighted by atomic mass is 16.2. The Hall–Kier alpha value is -7.18. The van der Waals surface area contributed by atoms with Crippen molar-refractivity contribution in [2.24, 2.45) is 10.9 Å². The van der Waals surface area contributed by atoms with Gasteiger partial charge in [0.25, 0.3) is 5.91 Å². The van der Waals surface area contributed by atoms with Gasteiger partial charge < -0.3 is 15.5 Å². The van der Waals surface area contributed by atoms with E-state index in [4.69, 9.17) is 0 Å². The van der Waals surface area contributed by atoms with Crippen molar-refractivity contribution in [1.29, 1.82) is 0 Å². The minimum atomic E-state index is -1.00. The van der Waals surface area contributed by atoms with Gasteiger partial charge in [-0.05, 0) is 86.1 Å². The highest BCUT2D eigenvalue weighted by molar-refractivity contribution is 6.07. The first-order valence-corrected chi connectivity index (χ1v) is 21.7. The molecule has 2 aliphatic heterocycles. The van der Waals surface area contributed by atoms with Gasteiger partial charge in [-0.3, -0.25) is 29.2 Å². The number of dihydropyridines is 1. The molecule has 318 valence electrons. The van der Waals surface area contributed by atoms with Crippen molar-refractivity contribution in [3.05, 3.63) is 173 Å². The van der Waals surface area contributed by atoms with Crippen LogP contribution in [0.1, 0.15) is 77.7 Å². The fourth-order valence-corrected chi connectivity index (χ4v) is 8.12. The fraction of sp³-hybridized carbons (Fsp3) is 0.259. The van der Waals surface area contributed by atoms with Crippen molar-refractivity contribution in [1.82, 2.24) is 15.2 Å². The van der Waals surface area contributed by atoms with Crippen molar-refractivity contribution >= 4 is 41.5 Å². The number of likely N-dealkylation sites (tertiary alicyclic amines) is 1. The zero-order valence-electron chi connectivity index (χ0n) is 36.1. The molecule has 1 aliphatic carbocycles. The van der Waals surface area contributed by atoms with Gasteiger partial charge in [-0.15, -0.1) is 5.92 Å². The maximum Gasteiger partial charge on any atom is 0.273 e. The first-order chi connectivity index (χ1) is 30.6. The van der Waals surface area contributed by atoms with Crippen molar-refractivity contribution in [2.45, 2.75) is 76.9 Å². The summed E-state index contributed by atoms with van der Waals surface area (Å²) in [4.78, 5) is 65.8. The third-order valence-corrected chi connectivity index (χ3v) is 11.5. The van der Waals surface area contributed by atoms with Gasteiger partial charge in [0.2, 0.25) is 11.8 Å². The van der Waals surface area contributed by atoms with E-state index in [-0.39, 0.29) is 41.0 Å². The van der Waals surface area contributed by atoms with Gasteiger partial charge in [0.1, 0.15) is 23.7 Å². The quantitative estimate of drug-likeness (QED) is 0.103. The Balaban J connectivity index is 0.931. The molecule has 1 aromatic heterocycles. The molecule has 3 unspecified atom stereocenters. The van der Waals surface area contributed by atoms with E-state index < -0.39 is 18.0 Å². The highest BCUT2D eigenvalue weighted by Gasteiger charge is 2.37. The summed E-state index contributed by atoms with van der Waals surface area (Å²) in [5, 5.41) is 6.09. The van der Waals surface area contributed by atoms with Crippen LogP contribution in [-0.4, -0.2) is 64.3 Å². The SMILES string of the molecule is C=C(C(=O)C1N=CC=CC1c1cccc(C)c1)[C@@H](C#CCCC)C(=O)NC1C=CC(/C=C/c2ccc(NC(=O)[C@@H]3CCCN3C(=O)c3ncccc3-c3cccc(C)c3)cc2)=CC1. The molecule has 1 saturated heterocycles. The van der Waals surface area contributed by atoms with E-state index in [1.807, 2.05) is 142 Å². The van der Waals surface area contributed by atoms with Crippen LogP contribution in [0.3, 0.4) is 0 Å². The second-order valence-electron chi connectivity index (χ2n) is 16.2. The van der Waals surface area contributed by atoms with Crippen LogP contribution in [0.5, 0.6) is 0 Å². The van der Waals surface area contributed by atoms with Crippen molar-refractivity contribution in [2.75, 3.05) is 11.9 Å². The van der Waals surface area contributed by atoms with Gasteiger partial charge in [-0.1, -0.05) is 134 Å². The minimum Gasteiger partial charge on any atom is -0.348 e. The lowest BCUT2D eigenvalue weighted by Crippen LogP contribution is -2.43. The second kappa shape index (κ2) is 20.6. The van der Waals surface area contributed by atoms with E-state index in [9.17, 15) is 19.2 Å². The smallest absolute Gasteiger partial charge is 0.273 e. The van der Waals surface area contributed by atoms with Crippen LogP contribution >= 0.6 is 0 Å². The summed E-state index contributed by atoms with van der Waals surface area (Å²) < 4.78 is 0. The average Bonchev–Trinajstić information content (AvgIpc) is 3.81. The number of aliphatic imine (C=N–C) groups is 1. The summed E-state index contributed by atoms with van der Waals surface area (Å²) in [5.41, 5.74) is 7.85. The number of Topliss-reactive ketones (excluding diaryl/α,β-unsaturated/α-hetero) is 1. The van der Waals surface area contributed by atoms with E-state index in [2.05, 4.69) is 45.1 Å². The summed E-state index contributed by atoms with van der Waals surface area (Å²) in [6.07, 6.45) is 20.3. The Bertz CT molecular complexity index is 2610. The zero-order valence-corrected chi connectivity index (χ0v) is 36.1. The number of hydrogen-bond acceptors (Lipinski definition) is 6. The number of rotatable bonds is 13. The van der Waals surface area contributed by atoms with E-state index >= 15 is 0 Å². The number of carbonyl (C=O) groups is 4. The summed E-state index contributed by atoms with van der Waals surface area (Å²) in [7, 11) is 0. The molecule has 63 heavy (non-hydrogen) atoms. The molecule has 7 rings (SSSR count). The zero-order chi connectivity index (χ0) is 44.3. The number of aromatic nitrogens is 1. The molecule has 5 atom stereocenters. The Morgan fingerprint density at radius 3 is 2.49 bits per heavy atom. The van der Waals surface area contributed by atoms with Gasteiger partial charge in [-0.2, -0.15) is 0 Å². The molecule has 0 spiro atoms. The third-order valence-electron chi connectivity index (χ3n) is 11.5. The maximum absolute atomic E-state index is 14.0. The number of nitrogens with zero attached hydrogens (tertiary/aromatic N) is 3. The molecule has 9 heteroatoms. The van der Waals surface area contributed by atoms with Crippen LogP contribution in [0.25, 0.3) is 17.2 Å². The molecule has 3 heterocycles. The summed E-state index contributed by atoms with van der Waals surface area (Å²) in [6.45, 7) is 10.6. The van der Waals surface area contributed by atoms with Gasteiger partial charge in [0.05, 0.1) is 6.04 Å². The first-order valence-electron chi connectivity index (χ1n) is 21.7. The molecule has 3 aromatic carbocycles. The monoisotopic (exact) mass is 835 g/mol. The summed E-state index contributed by atoms with van der Waals surface area (Å²) >= 11 is 0. The van der Waals surface area contributed by atoms with Gasteiger partial charge in [0.15, 0.2) is 5.78 Å². The van der Waals surface area contributed by atoms with E-state index in [0.29, 0.717) is 37.2 Å². The number of anilines is 1. The number of ketones is 1. The molecule has 9 nitrogen and oxygen atoms in total. The lowest BCUT2D eigenvalue weighted by Gasteiger charge is -2.26. The number of carbonyl (C=O) groups excluding carboxylic acids is 4. The molecule has 2 N–H and O–H groups in total. The number of amides is 3. The molecule has 0 radical (unpaired) electrons. The van der Waals surface area contributed by atoms with Crippen molar-refractivity contribution in [3.63, 3.8) is 0 Å². The molecule has 0 saturated carbocycles. The van der Waals surface area contributed by atoms with E-state index in [0.717, 1.165) is 51.8 Å². The van der Waals surface area contributed by atoms with E-state index in [1.54, 1.807) is 17.3 Å². The molecule has 1 fully saturated rings. The Morgan fingerprint density at radius 1 is 0.952 bits per heavy atom. The van der Waals surface area contributed by atoms with Crippen LogP contribution < -0.4 is 10.6 Å². The largest absolute Gasteiger partial charge is 0.348 e. The number of unbranched alkanes of at least 4 members (excludes halogenated alkanes) is 1. The van der Waals surface area contributed by atoms with Crippen molar-refractivity contribution < 1.29 is 19.2 Å². The summed E-state index contributed by atoms with van der Waals surface area (Å²) in [5.74, 6) is 3.71. The standard InChI is InChI=1S/C54H53N5O4/c1-5-6-7-17-45(38(4)51(60)49-46(18-10-31-55-49)41-15-8-13-36(2)34-41)52(61)57-43-27-23-39(24-28-43)21-22-40-25-29-44(30-26-40)58-53(62)48-20-12-33-59(48)54(63)50-47(19-11-32-56-50)42-16-9-14-37(3)35-42/h8-11,13-16,18-19,21-27,29-32,34-35,43,45-46,48-49H,4-6,12,20,28,33H2,1-3H3,(H,57,61)(H,58,62)/b22-21+/t43?,45-,46?,48+,49?/m1/s1. The van der Waals surface area contributed by atoms with Crippen LogP contribution in [0.15, 0.2) is 150 Å². The molecule has 3 amide bonds. The Kier molecular flexibility index (Phi) is 14.3. The number of allylic oxidation sites excluding steroid dienone is 4. The topological polar surface area (TPSA) is 121 Å². The fourth-order valence-electron chi connectivity index (χ4n) is 8.12. The number of aryl methyl sites for hydroxylation is 2. The average molecular weight is 836 g/mol. The lowest BCUT2D eigenvalue weighted by molar-refractivity contribution is -0.125. The van der Waals surface area contributed by atoms with E-state index in [1.165, 1.54) is 0 Å². The Morgan fingerprint density at radius 2 is 1.75 bits per heavy atom. The minimum absolute atomic E-state index is 0.139. The molecular formula is C54H53N5O4. The maximum atomic E-state index is 14.0. The van der Waals surface area contributed by atoms with Crippen LogP contribution in [0, 0.1) is 31.6 Å². The van der Waals surface area contributed by atoms with Gasteiger partial charge >= 0.3 is 0 Å². The second-order valence-corrected chi connectivity index (χ2v) is 16.2. The molecular weight excluding hydrogens is 783 g/mol. The Labute approximate surface area is 370 Å².